The van der Waals surface area contributed by atoms with Gasteiger partial charge in [-0.3, -0.25) is 0 Å². The third-order valence-electron chi connectivity index (χ3n) is 3.35. The molecule has 0 aliphatic heterocycles. The molecule has 0 saturated heterocycles. The van der Waals surface area contributed by atoms with E-state index in [0.29, 0.717) is 6.42 Å². The fourth-order valence-corrected chi connectivity index (χ4v) is 3.60. The summed E-state index contributed by atoms with van der Waals surface area (Å²) in [5, 5.41) is -0.544. The van der Waals surface area contributed by atoms with Gasteiger partial charge in [0.05, 0.1) is 11.0 Å². The molecule has 0 spiro atoms. The number of hydrogen-bond donors (Lipinski definition) is 1. The number of hydrogen-bond acceptors (Lipinski definition) is 3. The fourth-order valence-electron chi connectivity index (χ4n) is 2.07. The summed E-state index contributed by atoms with van der Waals surface area (Å²) in [4.78, 5) is 0. The summed E-state index contributed by atoms with van der Waals surface area (Å²) in [6.07, 6.45) is 0.631. The van der Waals surface area contributed by atoms with Crippen molar-refractivity contribution in [3.05, 3.63) is 34.9 Å². The summed E-state index contributed by atoms with van der Waals surface area (Å²) < 4.78 is 24.1. The summed E-state index contributed by atoms with van der Waals surface area (Å²) in [7, 11) is -3.11. The van der Waals surface area contributed by atoms with Crippen molar-refractivity contribution >= 4 is 9.84 Å². The van der Waals surface area contributed by atoms with E-state index in [9.17, 15) is 8.42 Å². The Bertz CT molecular complexity index is 509. The maximum atomic E-state index is 12.1. The van der Waals surface area contributed by atoms with E-state index in [1.807, 2.05) is 39.0 Å². The molecule has 0 radical (unpaired) electrons. The van der Waals surface area contributed by atoms with Crippen LogP contribution in [0, 0.1) is 13.8 Å². The zero-order valence-corrected chi connectivity index (χ0v) is 12.4. The van der Waals surface area contributed by atoms with Crippen molar-refractivity contribution in [2.45, 2.75) is 45.4 Å². The molecule has 0 fully saturated rings. The fraction of sp³-hybridized carbons (Fsp3) is 0.571. The molecule has 18 heavy (non-hydrogen) atoms. The molecule has 0 saturated carbocycles. The highest BCUT2D eigenvalue weighted by atomic mass is 32.2. The van der Waals surface area contributed by atoms with Gasteiger partial charge in [0.15, 0.2) is 9.84 Å². The lowest BCUT2D eigenvalue weighted by Crippen LogP contribution is -2.33. The van der Waals surface area contributed by atoms with Gasteiger partial charge in [0, 0.05) is 6.04 Å². The van der Waals surface area contributed by atoms with Crippen LogP contribution in [0.15, 0.2) is 18.2 Å². The molecule has 1 rings (SSSR count). The molecule has 4 heteroatoms. The van der Waals surface area contributed by atoms with Gasteiger partial charge in [0.25, 0.3) is 0 Å². The van der Waals surface area contributed by atoms with Crippen LogP contribution in [0.2, 0.25) is 0 Å². The van der Waals surface area contributed by atoms with E-state index in [0.717, 1.165) is 16.7 Å². The number of nitrogens with two attached hydrogens (primary N) is 1. The Morgan fingerprint density at radius 3 is 2.44 bits per heavy atom. The van der Waals surface area contributed by atoms with Crippen LogP contribution in [0.5, 0.6) is 0 Å². The lowest BCUT2D eigenvalue weighted by Gasteiger charge is -2.22. The molecule has 0 amide bonds. The molecule has 0 heterocycles. The summed E-state index contributed by atoms with van der Waals surface area (Å²) in [6.45, 7) is 7.53. The second-order valence-electron chi connectivity index (χ2n) is 4.96. The van der Waals surface area contributed by atoms with E-state index in [2.05, 4.69) is 0 Å². The van der Waals surface area contributed by atoms with Crippen LogP contribution >= 0.6 is 0 Å². The van der Waals surface area contributed by atoms with Crippen molar-refractivity contribution in [3.8, 4) is 0 Å². The summed E-state index contributed by atoms with van der Waals surface area (Å²) in [5.74, 6) is 0.201. The van der Waals surface area contributed by atoms with E-state index in [-0.39, 0.29) is 5.75 Å². The van der Waals surface area contributed by atoms with E-state index in [1.165, 1.54) is 0 Å². The van der Waals surface area contributed by atoms with Crippen LogP contribution in [-0.4, -0.2) is 19.4 Å². The average Bonchev–Trinajstić information content (AvgIpc) is 2.30. The number of rotatable bonds is 5. The van der Waals surface area contributed by atoms with Crippen LogP contribution in [0.4, 0.5) is 0 Å². The van der Waals surface area contributed by atoms with Crippen molar-refractivity contribution in [2.75, 3.05) is 5.75 Å². The molecule has 0 aliphatic carbocycles. The lowest BCUT2D eigenvalue weighted by atomic mass is 9.98. The molecular weight excluding hydrogens is 246 g/mol. The summed E-state index contributed by atoms with van der Waals surface area (Å²) >= 11 is 0. The molecular formula is C14H23NO2S. The first kappa shape index (κ1) is 15.2. The molecule has 1 aromatic carbocycles. The van der Waals surface area contributed by atoms with Gasteiger partial charge < -0.3 is 5.73 Å². The van der Waals surface area contributed by atoms with Crippen LogP contribution in [-0.2, 0) is 9.84 Å². The highest BCUT2D eigenvalue weighted by Crippen LogP contribution is 2.24. The maximum Gasteiger partial charge on any atom is 0.154 e. The van der Waals surface area contributed by atoms with Gasteiger partial charge >= 0.3 is 0 Å². The predicted octanol–water partition coefficient (Wildman–Crippen LogP) is 2.52. The van der Waals surface area contributed by atoms with Gasteiger partial charge in [-0.05, 0) is 38.3 Å². The van der Waals surface area contributed by atoms with Gasteiger partial charge in [0.2, 0.25) is 0 Å². The van der Waals surface area contributed by atoms with Crippen molar-refractivity contribution < 1.29 is 8.42 Å². The van der Waals surface area contributed by atoms with Gasteiger partial charge in [-0.15, -0.1) is 0 Å². The Kier molecular flexibility index (Phi) is 4.93. The molecule has 2 atom stereocenters. The first-order chi connectivity index (χ1) is 8.29. The molecule has 2 N–H and O–H groups in total. The summed E-state index contributed by atoms with van der Waals surface area (Å²) in [6, 6.07) is 5.53. The van der Waals surface area contributed by atoms with Crippen LogP contribution in [0.1, 0.15) is 43.0 Å². The normalized spacial score (nSPS) is 15.4. The average molecular weight is 269 g/mol. The molecule has 0 aromatic heterocycles. The van der Waals surface area contributed by atoms with E-state index < -0.39 is 21.1 Å². The Balaban J connectivity index is 3.07. The van der Waals surface area contributed by atoms with Gasteiger partial charge in [-0.25, -0.2) is 8.42 Å². The zero-order valence-electron chi connectivity index (χ0n) is 11.6. The monoisotopic (exact) mass is 269 g/mol. The van der Waals surface area contributed by atoms with Crippen LogP contribution in [0.25, 0.3) is 0 Å². The SMILES string of the molecule is CCCS(=O)(=O)C(C)C(N)c1cc(C)ccc1C. The summed E-state index contributed by atoms with van der Waals surface area (Å²) in [5.41, 5.74) is 9.23. The highest BCUT2D eigenvalue weighted by molar-refractivity contribution is 7.92. The second-order valence-corrected chi connectivity index (χ2v) is 7.44. The molecule has 1 aromatic rings. The Hall–Kier alpha value is -0.870. The smallest absolute Gasteiger partial charge is 0.154 e. The lowest BCUT2D eigenvalue weighted by molar-refractivity contribution is 0.563. The minimum Gasteiger partial charge on any atom is -0.323 e. The first-order valence-corrected chi connectivity index (χ1v) is 8.05. The number of aryl methyl sites for hydroxylation is 2. The minimum atomic E-state index is -3.11. The molecule has 0 aliphatic rings. The molecule has 102 valence electrons. The number of benzene rings is 1. The van der Waals surface area contributed by atoms with Crippen LogP contribution < -0.4 is 5.73 Å². The predicted molar refractivity (Wildman–Crippen MR) is 76.4 cm³/mol. The van der Waals surface area contributed by atoms with E-state index in [1.54, 1.807) is 6.92 Å². The molecule has 2 unspecified atom stereocenters. The minimum absolute atomic E-state index is 0.201. The highest BCUT2D eigenvalue weighted by Gasteiger charge is 2.28. The molecule has 3 nitrogen and oxygen atoms in total. The van der Waals surface area contributed by atoms with Gasteiger partial charge in [-0.1, -0.05) is 30.7 Å². The largest absolute Gasteiger partial charge is 0.323 e. The van der Waals surface area contributed by atoms with Crippen molar-refractivity contribution in [2.24, 2.45) is 5.73 Å². The van der Waals surface area contributed by atoms with Crippen molar-refractivity contribution in [3.63, 3.8) is 0 Å². The molecule has 0 bridgehead atoms. The topological polar surface area (TPSA) is 60.2 Å². The van der Waals surface area contributed by atoms with Crippen molar-refractivity contribution in [1.29, 1.82) is 0 Å². The number of sulfone groups is 1. The third kappa shape index (κ3) is 3.33. The maximum absolute atomic E-state index is 12.1. The van der Waals surface area contributed by atoms with E-state index in [4.69, 9.17) is 5.73 Å². The third-order valence-corrected chi connectivity index (χ3v) is 5.76. The van der Waals surface area contributed by atoms with Crippen molar-refractivity contribution in [1.82, 2.24) is 0 Å². The zero-order chi connectivity index (χ0) is 13.9. The quantitative estimate of drug-likeness (QED) is 0.893. The second kappa shape index (κ2) is 5.85. The Morgan fingerprint density at radius 2 is 1.89 bits per heavy atom. The Morgan fingerprint density at radius 1 is 1.28 bits per heavy atom. The standard InChI is InChI=1S/C14H23NO2S/c1-5-8-18(16,17)12(4)14(15)13-9-10(2)6-7-11(13)3/h6-7,9,12,14H,5,8,15H2,1-4H3. The first-order valence-electron chi connectivity index (χ1n) is 6.34. The van der Waals surface area contributed by atoms with E-state index >= 15 is 0 Å². The van der Waals surface area contributed by atoms with Crippen LogP contribution in [0.3, 0.4) is 0 Å². The van der Waals surface area contributed by atoms with Gasteiger partial charge in [-0.2, -0.15) is 0 Å². The van der Waals surface area contributed by atoms with Gasteiger partial charge in [0.1, 0.15) is 0 Å². The Labute approximate surface area is 110 Å².